The largest absolute Gasteiger partial charge is 0.369 e. The van der Waals surface area contributed by atoms with E-state index in [0.29, 0.717) is 0 Å². The molecule has 7 heteroatoms. The van der Waals surface area contributed by atoms with E-state index in [9.17, 15) is 14.5 Å². The molecule has 5 nitrogen and oxygen atoms in total. The van der Waals surface area contributed by atoms with Crippen LogP contribution in [0.2, 0.25) is 0 Å². The molecule has 1 aromatic carbocycles. The molecular formula is C15H16FN3O2S. The average Bonchev–Trinajstić information content (AvgIpc) is 2.98. The fraction of sp³-hybridized carbons (Fsp3) is 0.333. The maximum absolute atomic E-state index is 12.9. The van der Waals surface area contributed by atoms with Gasteiger partial charge in [-0.05, 0) is 30.3 Å². The van der Waals surface area contributed by atoms with Crippen LogP contribution in [0.5, 0.6) is 0 Å². The highest BCUT2D eigenvalue weighted by molar-refractivity contribution is 7.15. The lowest BCUT2D eigenvalue weighted by atomic mass is 10.2. The predicted octanol–water partition coefficient (Wildman–Crippen LogP) is 3.12. The summed E-state index contributed by atoms with van der Waals surface area (Å²) in [6.45, 7) is 4.28. The molecule has 0 aliphatic carbocycles. The van der Waals surface area contributed by atoms with Gasteiger partial charge in [-0.2, -0.15) is 0 Å². The lowest BCUT2D eigenvalue weighted by molar-refractivity contribution is -0.380. The molecule has 0 bridgehead atoms. The highest BCUT2D eigenvalue weighted by atomic mass is 32.1. The first kappa shape index (κ1) is 14.9. The fourth-order valence-electron chi connectivity index (χ4n) is 2.59. The summed E-state index contributed by atoms with van der Waals surface area (Å²) < 4.78 is 12.9. The second-order valence-corrected chi connectivity index (χ2v) is 6.38. The standard InChI is InChI=1S/C15H16FN3O2S/c16-12-1-3-13(4-2-12)18-9-7-17(8-10-18)11-14-5-6-15(22-14)19(20)21/h1-6H,7-11H2. The van der Waals surface area contributed by atoms with E-state index < -0.39 is 0 Å². The maximum atomic E-state index is 12.9. The molecule has 0 atom stereocenters. The number of thiophene rings is 1. The molecule has 2 heterocycles. The van der Waals surface area contributed by atoms with Gasteiger partial charge in [-0.25, -0.2) is 4.39 Å². The van der Waals surface area contributed by atoms with Gasteiger partial charge >= 0.3 is 5.00 Å². The molecule has 116 valence electrons. The Kier molecular flexibility index (Phi) is 4.35. The van der Waals surface area contributed by atoms with Gasteiger partial charge in [0.15, 0.2) is 0 Å². The van der Waals surface area contributed by atoms with Crippen molar-refractivity contribution in [2.75, 3.05) is 31.1 Å². The van der Waals surface area contributed by atoms with E-state index in [1.807, 2.05) is 6.07 Å². The first-order valence-corrected chi connectivity index (χ1v) is 7.89. The Morgan fingerprint density at radius 2 is 1.77 bits per heavy atom. The summed E-state index contributed by atoms with van der Waals surface area (Å²) in [5, 5.41) is 10.9. The second kappa shape index (κ2) is 6.41. The van der Waals surface area contributed by atoms with Crippen molar-refractivity contribution in [3.8, 4) is 0 Å². The molecule has 1 aliphatic rings. The number of anilines is 1. The Labute approximate surface area is 131 Å². The van der Waals surface area contributed by atoms with Crippen molar-refractivity contribution in [1.29, 1.82) is 0 Å². The molecule has 1 saturated heterocycles. The van der Waals surface area contributed by atoms with Crippen LogP contribution in [-0.2, 0) is 6.54 Å². The number of nitro groups is 1. The van der Waals surface area contributed by atoms with E-state index in [4.69, 9.17) is 0 Å². The second-order valence-electron chi connectivity index (χ2n) is 5.24. The van der Waals surface area contributed by atoms with E-state index in [0.717, 1.165) is 43.3 Å². The van der Waals surface area contributed by atoms with Crippen molar-refractivity contribution in [3.63, 3.8) is 0 Å². The molecule has 0 spiro atoms. The van der Waals surface area contributed by atoms with Gasteiger partial charge in [-0.15, -0.1) is 0 Å². The third-order valence-corrected chi connectivity index (χ3v) is 4.79. The van der Waals surface area contributed by atoms with E-state index in [2.05, 4.69) is 9.80 Å². The van der Waals surface area contributed by atoms with Crippen molar-refractivity contribution in [2.24, 2.45) is 0 Å². The lowest BCUT2D eigenvalue weighted by Crippen LogP contribution is -2.45. The molecule has 3 rings (SSSR count). The van der Waals surface area contributed by atoms with Crippen molar-refractivity contribution in [1.82, 2.24) is 4.90 Å². The van der Waals surface area contributed by atoms with E-state index >= 15 is 0 Å². The van der Waals surface area contributed by atoms with Crippen molar-refractivity contribution in [3.05, 3.63) is 57.2 Å². The number of hydrogen-bond donors (Lipinski definition) is 0. The number of halogens is 1. The molecule has 22 heavy (non-hydrogen) atoms. The van der Waals surface area contributed by atoms with Crippen LogP contribution in [-0.4, -0.2) is 36.0 Å². The highest BCUT2D eigenvalue weighted by Gasteiger charge is 2.19. The first-order valence-electron chi connectivity index (χ1n) is 7.08. The van der Waals surface area contributed by atoms with Crippen molar-refractivity contribution in [2.45, 2.75) is 6.54 Å². The van der Waals surface area contributed by atoms with Crippen LogP contribution < -0.4 is 4.90 Å². The van der Waals surface area contributed by atoms with Gasteiger partial charge in [0.2, 0.25) is 0 Å². The number of rotatable bonds is 4. The Balaban J connectivity index is 1.55. The first-order chi connectivity index (χ1) is 10.6. The molecule has 0 saturated carbocycles. The molecule has 1 aliphatic heterocycles. The zero-order chi connectivity index (χ0) is 15.5. The minimum atomic E-state index is -0.347. The van der Waals surface area contributed by atoms with E-state index in [1.54, 1.807) is 18.2 Å². The number of piperazine rings is 1. The molecule has 1 fully saturated rings. The normalized spacial score (nSPS) is 16.0. The summed E-state index contributed by atoms with van der Waals surface area (Å²) in [5.74, 6) is -0.221. The number of benzene rings is 1. The minimum absolute atomic E-state index is 0.194. The molecule has 2 aromatic rings. The van der Waals surface area contributed by atoms with E-state index in [1.165, 1.54) is 23.5 Å². The summed E-state index contributed by atoms with van der Waals surface area (Å²) in [5.41, 5.74) is 1.04. The van der Waals surface area contributed by atoms with Crippen LogP contribution in [0, 0.1) is 15.9 Å². The van der Waals surface area contributed by atoms with Crippen molar-refractivity contribution >= 4 is 22.0 Å². The molecule has 0 N–H and O–H groups in total. The Bertz CT molecular complexity index is 651. The lowest BCUT2D eigenvalue weighted by Gasteiger charge is -2.35. The Morgan fingerprint density at radius 1 is 1.09 bits per heavy atom. The van der Waals surface area contributed by atoms with Crippen LogP contribution >= 0.6 is 11.3 Å². The number of hydrogen-bond acceptors (Lipinski definition) is 5. The minimum Gasteiger partial charge on any atom is -0.369 e. The quantitative estimate of drug-likeness (QED) is 0.641. The molecule has 0 unspecified atom stereocenters. The summed E-state index contributed by atoms with van der Waals surface area (Å²) >= 11 is 1.24. The Morgan fingerprint density at radius 3 is 2.36 bits per heavy atom. The van der Waals surface area contributed by atoms with Crippen LogP contribution in [0.3, 0.4) is 0 Å². The van der Waals surface area contributed by atoms with Crippen molar-refractivity contribution < 1.29 is 9.31 Å². The van der Waals surface area contributed by atoms with Crippen LogP contribution in [0.15, 0.2) is 36.4 Å². The van der Waals surface area contributed by atoms with Gasteiger partial charge in [0.1, 0.15) is 5.82 Å². The van der Waals surface area contributed by atoms with Gasteiger partial charge in [-0.1, -0.05) is 11.3 Å². The van der Waals surface area contributed by atoms with Gasteiger partial charge < -0.3 is 4.90 Å². The van der Waals surface area contributed by atoms with E-state index in [-0.39, 0.29) is 15.7 Å². The summed E-state index contributed by atoms with van der Waals surface area (Å²) in [6.07, 6.45) is 0. The zero-order valence-electron chi connectivity index (χ0n) is 11.9. The molecule has 0 amide bonds. The highest BCUT2D eigenvalue weighted by Crippen LogP contribution is 2.25. The fourth-order valence-corrected chi connectivity index (χ4v) is 3.45. The van der Waals surface area contributed by atoms with Crippen LogP contribution in [0.1, 0.15) is 4.88 Å². The van der Waals surface area contributed by atoms with Crippen LogP contribution in [0.4, 0.5) is 15.1 Å². The summed E-state index contributed by atoms with van der Waals surface area (Å²) in [4.78, 5) is 15.9. The number of nitrogens with zero attached hydrogens (tertiary/aromatic N) is 3. The third-order valence-electron chi connectivity index (χ3n) is 3.77. The zero-order valence-corrected chi connectivity index (χ0v) is 12.8. The Hall–Kier alpha value is -1.99. The SMILES string of the molecule is O=[N+]([O-])c1ccc(CN2CCN(c3ccc(F)cc3)CC2)s1. The van der Waals surface area contributed by atoms with Gasteiger partial charge in [0.25, 0.3) is 0 Å². The molecular weight excluding hydrogens is 305 g/mol. The summed E-state index contributed by atoms with van der Waals surface area (Å²) in [7, 11) is 0. The molecule has 1 aromatic heterocycles. The van der Waals surface area contributed by atoms with Gasteiger partial charge in [0.05, 0.1) is 4.92 Å². The van der Waals surface area contributed by atoms with Crippen LogP contribution in [0.25, 0.3) is 0 Å². The smallest absolute Gasteiger partial charge is 0.324 e. The monoisotopic (exact) mass is 321 g/mol. The third kappa shape index (κ3) is 3.42. The topological polar surface area (TPSA) is 49.6 Å². The van der Waals surface area contributed by atoms with Gasteiger partial charge in [0, 0.05) is 49.4 Å². The average molecular weight is 321 g/mol. The summed E-state index contributed by atoms with van der Waals surface area (Å²) in [6, 6.07) is 9.95. The van der Waals surface area contributed by atoms with Gasteiger partial charge in [-0.3, -0.25) is 15.0 Å². The predicted molar refractivity (Wildman–Crippen MR) is 84.9 cm³/mol. The molecule has 0 radical (unpaired) electrons. The maximum Gasteiger partial charge on any atom is 0.324 e.